The Morgan fingerprint density at radius 1 is 1.14 bits per heavy atom. The van der Waals surface area contributed by atoms with Crippen LogP contribution in [-0.2, 0) is 4.79 Å². The molecule has 28 heavy (non-hydrogen) atoms. The highest BCUT2D eigenvalue weighted by Crippen LogP contribution is 2.31. The van der Waals surface area contributed by atoms with Crippen molar-refractivity contribution in [3.63, 3.8) is 0 Å². The second-order valence-electron chi connectivity index (χ2n) is 5.62. The number of carbonyl (C=O) groups is 2. The summed E-state index contributed by atoms with van der Waals surface area (Å²) in [7, 11) is 0. The minimum atomic E-state index is -1.17. The first-order chi connectivity index (χ1) is 13.2. The lowest BCUT2D eigenvalue weighted by atomic mass is 9.94. The number of aromatic hydroxyl groups is 1. The molecule has 10 heteroatoms. The number of rotatable bonds is 6. The van der Waals surface area contributed by atoms with E-state index in [4.69, 9.17) is 33.1 Å². The molecule has 2 aromatic rings. The van der Waals surface area contributed by atoms with Crippen LogP contribution in [0.5, 0.6) is 5.75 Å². The summed E-state index contributed by atoms with van der Waals surface area (Å²) >= 11 is 5.63. The van der Waals surface area contributed by atoms with Gasteiger partial charge in [0.1, 0.15) is 0 Å². The molecule has 0 atom stereocenters. The van der Waals surface area contributed by atoms with Crippen molar-refractivity contribution in [2.75, 3.05) is 0 Å². The molecule has 0 unspecified atom stereocenters. The van der Waals surface area contributed by atoms with Gasteiger partial charge in [-0.2, -0.15) is 0 Å². The predicted molar refractivity (Wildman–Crippen MR) is 99.0 cm³/mol. The van der Waals surface area contributed by atoms with Gasteiger partial charge >= 0.3 is 5.97 Å². The van der Waals surface area contributed by atoms with Crippen LogP contribution in [0.15, 0.2) is 42.0 Å². The van der Waals surface area contributed by atoms with E-state index >= 15 is 0 Å². The van der Waals surface area contributed by atoms with Gasteiger partial charge in [-0.25, -0.2) is 14.7 Å². The third kappa shape index (κ3) is 4.27. The number of benzene rings is 2. The Balaban J connectivity index is 2.59. The second-order valence-corrected chi connectivity index (χ2v) is 6.03. The summed E-state index contributed by atoms with van der Waals surface area (Å²) in [6, 6.07) is 7.57. The predicted octanol–water partition coefficient (Wildman–Crippen LogP) is 2.52. The van der Waals surface area contributed by atoms with Crippen LogP contribution in [0.2, 0.25) is 5.02 Å². The van der Waals surface area contributed by atoms with Crippen molar-refractivity contribution in [1.29, 1.82) is 5.41 Å². The number of halogens is 2. The third-order valence-corrected chi connectivity index (χ3v) is 4.17. The quantitative estimate of drug-likeness (QED) is 0.245. The van der Waals surface area contributed by atoms with Crippen LogP contribution >= 0.6 is 11.6 Å². The number of nitrogens with two attached hydrogens (primary N) is 1. The molecule has 0 aromatic heterocycles. The molecule has 1 amide bonds. The number of aromatic carboxylic acids is 1. The van der Waals surface area contributed by atoms with Gasteiger partial charge in [-0.15, -0.1) is 0 Å². The Labute approximate surface area is 163 Å². The van der Waals surface area contributed by atoms with Gasteiger partial charge < -0.3 is 15.9 Å². The summed E-state index contributed by atoms with van der Waals surface area (Å²) in [5.41, 5.74) is 6.55. The monoisotopic (exact) mass is 407 g/mol. The fourth-order valence-corrected chi connectivity index (χ4v) is 2.53. The van der Waals surface area contributed by atoms with Gasteiger partial charge in [-0.1, -0.05) is 23.7 Å². The largest absolute Gasteiger partial charge is 0.504 e. The van der Waals surface area contributed by atoms with Gasteiger partial charge in [0.15, 0.2) is 11.6 Å². The van der Waals surface area contributed by atoms with E-state index in [2.05, 4.69) is 0 Å². The fraction of sp³-hybridized carbons (Fsp3) is 0.0556. The topological polar surface area (TPSA) is 157 Å². The van der Waals surface area contributed by atoms with E-state index in [-0.39, 0.29) is 33.0 Å². The van der Waals surface area contributed by atoms with Crippen LogP contribution in [0.1, 0.15) is 27.9 Å². The number of carbonyl (C=O) groups excluding carboxylic acids is 1. The zero-order valence-electron chi connectivity index (χ0n) is 14.2. The Bertz CT molecular complexity index is 989. The highest BCUT2D eigenvalue weighted by atomic mass is 35.5. The lowest BCUT2D eigenvalue weighted by Crippen LogP contribution is -2.23. The molecule has 146 valence electrons. The molecule has 0 radical (unpaired) electrons. The van der Waals surface area contributed by atoms with Crippen LogP contribution in [0, 0.1) is 11.2 Å². The van der Waals surface area contributed by atoms with Gasteiger partial charge in [0.05, 0.1) is 22.7 Å². The molecule has 0 heterocycles. The molecule has 0 saturated carbocycles. The van der Waals surface area contributed by atoms with Gasteiger partial charge in [0.25, 0.3) is 0 Å². The molecular formula is C18H15ClFN3O5. The van der Waals surface area contributed by atoms with E-state index < -0.39 is 35.6 Å². The molecule has 2 rings (SSSR count). The van der Waals surface area contributed by atoms with Crippen molar-refractivity contribution in [1.82, 2.24) is 5.48 Å². The molecule has 2 aromatic carbocycles. The number of hydroxylamine groups is 1. The lowest BCUT2D eigenvalue weighted by molar-refractivity contribution is -0.128. The van der Waals surface area contributed by atoms with E-state index in [0.29, 0.717) is 0 Å². The van der Waals surface area contributed by atoms with Crippen molar-refractivity contribution in [3.8, 4) is 5.75 Å². The molecule has 0 aliphatic heterocycles. The van der Waals surface area contributed by atoms with Crippen LogP contribution in [0.3, 0.4) is 0 Å². The minimum Gasteiger partial charge on any atom is -0.504 e. The first kappa shape index (κ1) is 20.9. The number of phenols is 1. The number of hydrogen-bond acceptors (Lipinski definition) is 6. The molecular weight excluding hydrogens is 393 g/mol. The SMILES string of the molecule is N=C(C(CC(=O)NO)=C(N)c1ccc(C(=O)O)cc1)c1ccc(Cl)c(O)c1F. The highest BCUT2D eigenvalue weighted by Gasteiger charge is 2.22. The highest BCUT2D eigenvalue weighted by molar-refractivity contribution is 6.32. The first-order valence-electron chi connectivity index (χ1n) is 7.68. The fourth-order valence-electron chi connectivity index (χ4n) is 2.38. The standard InChI is InChI=1S/C18H15ClFN3O5/c19-12-6-5-10(14(20)17(12)25)16(22)11(7-13(24)23-28)15(21)8-1-3-9(4-2-8)18(26)27/h1-6,22,25,28H,7,21H2,(H,23,24)(H,26,27). The van der Waals surface area contributed by atoms with Crippen molar-refractivity contribution in [2.24, 2.45) is 5.73 Å². The number of hydrogen-bond donors (Lipinski definition) is 6. The molecule has 0 spiro atoms. The molecule has 0 aliphatic rings. The van der Waals surface area contributed by atoms with Gasteiger partial charge in [-0.05, 0) is 29.8 Å². The zero-order valence-corrected chi connectivity index (χ0v) is 14.9. The van der Waals surface area contributed by atoms with Crippen LogP contribution < -0.4 is 11.2 Å². The lowest BCUT2D eigenvalue weighted by Gasteiger charge is -2.15. The average molecular weight is 408 g/mol. The van der Waals surface area contributed by atoms with E-state index in [0.717, 1.165) is 6.07 Å². The van der Waals surface area contributed by atoms with Gasteiger partial charge in [0.2, 0.25) is 5.91 Å². The smallest absolute Gasteiger partial charge is 0.335 e. The maximum Gasteiger partial charge on any atom is 0.335 e. The number of phenolic OH excluding ortho intramolecular Hbond substituents is 1. The molecule has 0 aliphatic carbocycles. The number of nitrogens with one attached hydrogen (secondary N) is 2. The molecule has 8 nitrogen and oxygen atoms in total. The van der Waals surface area contributed by atoms with E-state index in [1.807, 2.05) is 0 Å². The first-order valence-corrected chi connectivity index (χ1v) is 8.06. The number of carboxylic acids is 1. The third-order valence-electron chi connectivity index (χ3n) is 3.87. The van der Waals surface area contributed by atoms with Gasteiger partial charge in [0, 0.05) is 16.8 Å². The van der Waals surface area contributed by atoms with Crippen molar-refractivity contribution < 1.29 is 29.4 Å². The maximum atomic E-state index is 14.3. The molecule has 7 N–H and O–H groups in total. The molecule has 0 bridgehead atoms. The van der Waals surface area contributed by atoms with Crippen molar-refractivity contribution in [2.45, 2.75) is 6.42 Å². The molecule has 0 fully saturated rings. The van der Waals surface area contributed by atoms with E-state index in [1.54, 1.807) is 0 Å². The summed E-state index contributed by atoms with van der Waals surface area (Å²) < 4.78 is 14.3. The van der Waals surface area contributed by atoms with Crippen molar-refractivity contribution >= 4 is 34.9 Å². The Morgan fingerprint density at radius 3 is 2.25 bits per heavy atom. The van der Waals surface area contributed by atoms with Crippen molar-refractivity contribution in [3.05, 3.63) is 69.5 Å². The van der Waals surface area contributed by atoms with Crippen LogP contribution in [0.25, 0.3) is 5.70 Å². The van der Waals surface area contributed by atoms with Gasteiger partial charge in [-0.3, -0.25) is 15.4 Å². The second kappa shape index (κ2) is 8.51. The zero-order chi connectivity index (χ0) is 21.0. The number of carboxylic acid groups (broad SMARTS) is 1. The van der Waals surface area contributed by atoms with Crippen LogP contribution in [0.4, 0.5) is 4.39 Å². The summed E-state index contributed by atoms with van der Waals surface area (Å²) in [6.45, 7) is 0. The summed E-state index contributed by atoms with van der Waals surface area (Å²) in [6.07, 6.45) is -0.579. The number of amides is 1. The Hall–Kier alpha value is -3.43. The Kier molecular flexibility index (Phi) is 6.34. The maximum absolute atomic E-state index is 14.3. The Morgan fingerprint density at radius 2 is 1.71 bits per heavy atom. The van der Waals surface area contributed by atoms with E-state index in [9.17, 15) is 19.1 Å². The van der Waals surface area contributed by atoms with Crippen LogP contribution in [-0.4, -0.2) is 33.0 Å². The minimum absolute atomic E-state index is 0.00468. The average Bonchev–Trinajstić information content (AvgIpc) is 2.69. The summed E-state index contributed by atoms with van der Waals surface area (Å²) in [5, 5.41) is 35.4. The normalized spacial score (nSPS) is 11.5. The van der Waals surface area contributed by atoms with E-state index in [1.165, 1.54) is 35.8 Å². The summed E-state index contributed by atoms with van der Waals surface area (Å²) in [5.74, 6) is -4.10. The summed E-state index contributed by atoms with van der Waals surface area (Å²) in [4.78, 5) is 22.6. The molecule has 0 saturated heterocycles.